The fourth-order valence-electron chi connectivity index (χ4n) is 2.78. The number of hydrogen-bond acceptors (Lipinski definition) is 6. The maximum Gasteiger partial charge on any atom is 0.279 e. The minimum absolute atomic E-state index is 0.186. The molecule has 8 nitrogen and oxygen atoms in total. The number of nitrogens with one attached hydrogen (secondary N) is 2. The lowest BCUT2D eigenvalue weighted by Gasteiger charge is -2.30. The van der Waals surface area contributed by atoms with E-state index in [4.69, 9.17) is 21.7 Å². The monoisotopic (exact) mass is 365 g/mol. The van der Waals surface area contributed by atoms with Crippen molar-refractivity contribution in [3.8, 4) is 11.5 Å². The second kappa shape index (κ2) is 7.47. The molecule has 1 atom stereocenters. The van der Waals surface area contributed by atoms with E-state index >= 15 is 0 Å². The fraction of sp³-hybridized carbons (Fsp3) is 0.375. The molecule has 2 rings (SSSR count). The van der Waals surface area contributed by atoms with Gasteiger partial charge in [0.1, 0.15) is 0 Å². The number of nitrogens with zero attached hydrogens (tertiary/aromatic N) is 1. The number of nitro groups is 1. The molecule has 1 unspecified atom stereocenters. The number of Topliss-reactive ketones (excluding diaryl/α,β-unsaturated/α-hetero) is 1. The number of methoxy groups -OCH3 is 1. The van der Waals surface area contributed by atoms with Gasteiger partial charge in [0.05, 0.1) is 36.3 Å². The SMILES string of the molecule is CCOc1cc(C2NC(=S)NC(C)=C2C(C)=O)c([N+](=O)[O-])cc1OC. The van der Waals surface area contributed by atoms with Crippen molar-refractivity contribution in [3.63, 3.8) is 0 Å². The first-order valence-corrected chi connectivity index (χ1v) is 7.99. The van der Waals surface area contributed by atoms with E-state index in [1.54, 1.807) is 13.8 Å². The van der Waals surface area contributed by atoms with Crippen molar-refractivity contribution in [1.29, 1.82) is 0 Å². The second-order valence-electron chi connectivity index (χ2n) is 5.38. The summed E-state index contributed by atoms with van der Waals surface area (Å²) in [6.07, 6.45) is 0. The average Bonchev–Trinajstić information content (AvgIpc) is 2.53. The molecule has 0 saturated carbocycles. The summed E-state index contributed by atoms with van der Waals surface area (Å²) in [7, 11) is 1.41. The van der Waals surface area contributed by atoms with Gasteiger partial charge in [-0.05, 0) is 39.1 Å². The number of nitro benzene ring substituents is 1. The lowest BCUT2D eigenvalue weighted by molar-refractivity contribution is -0.385. The number of hydrogen-bond donors (Lipinski definition) is 2. The van der Waals surface area contributed by atoms with Crippen LogP contribution in [0.1, 0.15) is 32.4 Å². The van der Waals surface area contributed by atoms with E-state index < -0.39 is 11.0 Å². The van der Waals surface area contributed by atoms with Crippen LogP contribution in [-0.4, -0.2) is 29.5 Å². The molecule has 134 valence electrons. The van der Waals surface area contributed by atoms with Gasteiger partial charge in [0.25, 0.3) is 5.69 Å². The summed E-state index contributed by atoms with van der Waals surface area (Å²) < 4.78 is 10.7. The maximum absolute atomic E-state index is 12.1. The highest BCUT2D eigenvalue weighted by atomic mass is 32.1. The van der Waals surface area contributed by atoms with Crippen LogP contribution in [0, 0.1) is 10.1 Å². The van der Waals surface area contributed by atoms with Crippen LogP contribution in [0.15, 0.2) is 23.4 Å². The van der Waals surface area contributed by atoms with Crippen LogP contribution in [0.5, 0.6) is 11.5 Å². The zero-order valence-electron chi connectivity index (χ0n) is 14.3. The third-order valence-corrected chi connectivity index (χ3v) is 3.99. The molecule has 25 heavy (non-hydrogen) atoms. The van der Waals surface area contributed by atoms with Crippen molar-refractivity contribution < 1.29 is 19.2 Å². The molecule has 0 aromatic heterocycles. The molecule has 0 saturated heterocycles. The third kappa shape index (κ3) is 3.71. The molecule has 1 aliphatic rings. The van der Waals surface area contributed by atoms with Gasteiger partial charge in [-0.3, -0.25) is 14.9 Å². The molecule has 1 aromatic rings. The Morgan fingerprint density at radius 2 is 2.08 bits per heavy atom. The highest BCUT2D eigenvalue weighted by Gasteiger charge is 2.34. The fourth-order valence-corrected chi connectivity index (χ4v) is 3.05. The molecule has 1 aliphatic heterocycles. The van der Waals surface area contributed by atoms with Crippen molar-refractivity contribution in [3.05, 3.63) is 39.1 Å². The van der Waals surface area contributed by atoms with Gasteiger partial charge in [-0.25, -0.2) is 0 Å². The smallest absolute Gasteiger partial charge is 0.279 e. The van der Waals surface area contributed by atoms with E-state index in [0.717, 1.165) is 0 Å². The van der Waals surface area contributed by atoms with E-state index in [1.165, 1.54) is 26.2 Å². The Kier molecular flexibility index (Phi) is 5.58. The summed E-state index contributed by atoms with van der Waals surface area (Å²) in [5.74, 6) is 0.393. The van der Waals surface area contributed by atoms with Crippen LogP contribution >= 0.6 is 12.2 Å². The molecule has 0 radical (unpaired) electrons. The first kappa shape index (κ1) is 18.7. The second-order valence-corrected chi connectivity index (χ2v) is 5.79. The van der Waals surface area contributed by atoms with E-state index in [0.29, 0.717) is 23.6 Å². The van der Waals surface area contributed by atoms with Crippen LogP contribution in [0.3, 0.4) is 0 Å². The Balaban J connectivity index is 2.72. The number of ether oxygens (including phenoxy) is 2. The third-order valence-electron chi connectivity index (χ3n) is 3.77. The Morgan fingerprint density at radius 1 is 1.40 bits per heavy atom. The van der Waals surface area contributed by atoms with Gasteiger partial charge >= 0.3 is 0 Å². The summed E-state index contributed by atoms with van der Waals surface area (Å²) >= 11 is 5.15. The number of benzene rings is 1. The highest BCUT2D eigenvalue weighted by molar-refractivity contribution is 7.80. The molecule has 0 fully saturated rings. The Morgan fingerprint density at radius 3 is 2.60 bits per heavy atom. The van der Waals surface area contributed by atoms with Gasteiger partial charge in [0.15, 0.2) is 22.4 Å². The highest BCUT2D eigenvalue weighted by Crippen LogP contribution is 2.40. The van der Waals surface area contributed by atoms with Crippen LogP contribution in [0.2, 0.25) is 0 Å². The minimum Gasteiger partial charge on any atom is -0.493 e. The van der Waals surface area contributed by atoms with Crippen LogP contribution in [0.4, 0.5) is 5.69 Å². The topological polar surface area (TPSA) is 103 Å². The average molecular weight is 365 g/mol. The number of rotatable bonds is 6. The molecular formula is C16H19N3O5S. The Hall–Kier alpha value is -2.68. The first-order valence-electron chi connectivity index (χ1n) is 7.58. The van der Waals surface area contributed by atoms with Crippen molar-refractivity contribution in [2.75, 3.05) is 13.7 Å². The molecular weight excluding hydrogens is 346 g/mol. The Labute approximate surface area is 150 Å². The van der Waals surface area contributed by atoms with Gasteiger partial charge in [0.2, 0.25) is 0 Å². The number of carbonyl (C=O) groups is 1. The van der Waals surface area contributed by atoms with Gasteiger partial charge in [0, 0.05) is 11.3 Å². The predicted molar refractivity (Wildman–Crippen MR) is 95.8 cm³/mol. The minimum atomic E-state index is -0.753. The van der Waals surface area contributed by atoms with Gasteiger partial charge in [-0.2, -0.15) is 0 Å². The molecule has 2 N–H and O–H groups in total. The Bertz CT molecular complexity index is 775. The van der Waals surface area contributed by atoms with Crippen molar-refractivity contribution in [2.45, 2.75) is 26.8 Å². The molecule has 1 heterocycles. The van der Waals surface area contributed by atoms with Crippen LogP contribution in [0.25, 0.3) is 0 Å². The first-order chi connectivity index (χ1) is 11.8. The lowest BCUT2D eigenvalue weighted by atomic mass is 9.91. The zero-order chi connectivity index (χ0) is 18.7. The molecule has 0 amide bonds. The normalized spacial score (nSPS) is 16.8. The number of ketones is 1. The zero-order valence-corrected chi connectivity index (χ0v) is 15.2. The van der Waals surface area contributed by atoms with Gasteiger partial charge in [-0.15, -0.1) is 0 Å². The quantitative estimate of drug-likeness (QED) is 0.450. The molecule has 0 bridgehead atoms. The van der Waals surface area contributed by atoms with Crippen molar-refractivity contribution in [2.24, 2.45) is 0 Å². The standard InChI is InChI=1S/C16H19N3O5S/c1-5-24-13-6-10(11(19(21)22)7-12(13)23-4)15-14(9(3)20)8(2)17-16(25)18-15/h6-7,15H,5H2,1-4H3,(H2,17,18,25). The summed E-state index contributed by atoms with van der Waals surface area (Å²) in [5.41, 5.74) is 1.03. The van der Waals surface area contributed by atoms with E-state index in [-0.39, 0.29) is 27.9 Å². The van der Waals surface area contributed by atoms with Gasteiger partial charge in [-0.1, -0.05) is 0 Å². The van der Waals surface area contributed by atoms with Crippen molar-refractivity contribution >= 4 is 28.8 Å². The van der Waals surface area contributed by atoms with Crippen LogP contribution < -0.4 is 20.1 Å². The molecule has 1 aromatic carbocycles. The molecule has 9 heteroatoms. The largest absolute Gasteiger partial charge is 0.493 e. The lowest BCUT2D eigenvalue weighted by Crippen LogP contribution is -2.44. The molecule has 0 aliphatic carbocycles. The van der Waals surface area contributed by atoms with E-state index in [1.807, 2.05) is 0 Å². The summed E-state index contributed by atoms with van der Waals surface area (Å²) in [6.45, 7) is 5.27. The van der Waals surface area contributed by atoms with Gasteiger partial charge < -0.3 is 20.1 Å². The molecule has 0 spiro atoms. The maximum atomic E-state index is 12.1. The van der Waals surface area contributed by atoms with E-state index in [2.05, 4.69) is 10.6 Å². The van der Waals surface area contributed by atoms with Crippen LogP contribution in [-0.2, 0) is 4.79 Å². The summed E-state index contributed by atoms with van der Waals surface area (Å²) in [4.78, 5) is 23.2. The number of thiocarbonyl (C=S) groups is 1. The van der Waals surface area contributed by atoms with Crippen molar-refractivity contribution in [1.82, 2.24) is 10.6 Å². The number of allylic oxidation sites excluding steroid dienone is 1. The summed E-state index contributed by atoms with van der Waals surface area (Å²) in [5, 5.41) is 17.7. The number of carbonyl (C=O) groups excluding carboxylic acids is 1. The van der Waals surface area contributed by atoms with E-state index in [9.17, 15) is 14.9 Å². The summed E-state index contributed by atoms with van der Waals surface area (Å²) in [6, 6.07) is 2.06. The predicted octanol–water partition coefficient (Wildman–Crippen LogP) is 2.38.